The van der Waals surface area contributed by atoms with Gasteiger partial charge in [0.1, 0.15) is 5.01 Å². The maximum absolute atomic E-state index is 5.91. The Morgan fingerprint density at radius 2 is 2.40 bits per heavy atom. The van der Waals surface area contributed by atoms with Gasteiger partial charge in [0.25, 0.3) is 0 Å². The average Bonchev–Trinajstić information content (AvgIpc) is 2.82. The third-order valence-electron chi connectivity index (χ3n) is 2.38. The van der Waals surface area contributed by atoms with Crippen LogP contribution in [0, 0.1) is 0 Å². The molecule has 0 saturated heterocycles. The first-order valence-corrected chi connectivity index (χ1v) is 6.84. The maximum Gasteiger partial charge on any atom is 0.133 e. The van der Waals surface area contributed by atoms with Crippen LogP contribution in [-0.4, -0.2) is 11.5 Å². The fourth-order valence-electron chi connectivity index (χ4n) is 1.66. The van der Waals surface area contributed by atoms with Gasteiger partial charge in [0, 0.05) is 29.8 Å². The molecule has 0 radical (unpaired) electrons. The second-order valence-electron chi connectivity index (χ2n) is 3.44. The number of hydrogen-bond donors (Lipinski definition) is 1. The van der Waals surface area contributed by atoms with Crippen LogP contribution in [0.25, 0.3) is 9.88 Å². The van der Waals surface area contributed by atoms with Crippen molar-refractivity contribution in [3.63, 3.8) is 0 Å². The molecule has 0 unspecified atom stereocenters. The van der Waals surface area contributed by atoms with E-state index in [9.17, 15) is 0 Å². The minimum Gasteiger partial charge on any atom is -0.311 e. The Bertz CT molecular complexity index is 466. The summed E-state index contributed by atoms with van der Waals surface area (Å²) < 4.78 is 0. The third kappa shape index (κ3) is 1.83. The Balaban J connectivity index is 2.02. The van der Waals surface area contributed by atoms with Crippen molar-refractivity contribution in [2.75, 3.05) is 6.54 Å². The minimum atomic E-state index is 0.807. The molecule has 0 aliphatic carbocycles. The molecule has 2 nitrogen and oxygen atoms in total. The number of thiophene rings is 1. The van der Waals surface area contributed by atoms with Crippen molar-refractivity contribution in [2.45, 2.75) is 13.0 Å². The van der Waals surface area contributed by atoms with Crippen LogP contribution in [0.4, 0.5) is 0 Å². The van der Waals surface area contributed by atoms with Gasteiger partial charge in [0.05, 0.1) is 15.6 Å². The molecule has 3 rings (SSSR count). The van der Waals surface area contributed by atoms with Gasteiger partial charge in [-0.1, -0.05) is 11.6 Å². The van der Waals surface area contributed by atoms with E-state index < -0.39 is 0 Å². The Morgan fingerprint density at radius 1 is 1.47 bits per heavy atom. The Hall–Kier alpha value is -0.420. The first kappa shape index (κ1) is 9.78. The number of hydrogen-bond acceptors (Lipinski definition) is 4. The zero-order valence-corrected chi connectivity index (χ0v) is 10.3. The standard InChI is InChI=1S/C10H9ClN2S2/c11-6-3-8(14-5-6)10-13-7-1-2-12-4-9(7)15-10/h3,5,12H,1-2,4H2. The molecular formula is C10H9ClN2S2. The molecule has 1 aliphatic heterocycles. The van der Waals surface area contributed by atoms with Crippen LogP contribution in [0.5, 0.6) is 0 Å². The van der Waals surface area contributed by atoms with Gasteiger partial charge in [-0.2, -0.15) is 0 Å². The average molecular weight is 257 g/mol. The van der Waals surface area contributed by atoms with Crippen LogP contribution < -0.4 is 5.32 Å². The molecule has 0 bridgehead atoms. The van der Waals surface area contributed by atoms with Crippen molar-refractivity contribution < 1.29 is 0 Å². The normalized spacial score (nSPS) is 15.3. The Morgan fingerprint density at radius 3 is 3.13 bits per heavy atom. The number of nitrogens with zero attached hydrogens (tertiary/aromatic N) is 1. The molecule has 0 saturated carbocycles. The number of rotatable bonds is 1. The largest absolute Gasteiger partial charge is 0.311 e. The van der Waals surface area contributed by atoms with Crippen molar-refractivity contribution in [3.05, 3.63) is 27.0 Å². The first-order chi connectivity index (χ1) is 7.33. The minimum absolute atomic E-state index is 0.807. The fourth-order valence-corrected chi connectivity index (χ4v) is 3.87. The fraction of sp³-hybridized carbons (Fsp3) is 0.300. The van der Waals surface area contributed by atoms with Crippen LogP contribution >= 0.6 is 34.3 Å². The molecule has 0 aromatic carbocycles. The monoisotopic (exact) mass is 256 g/mol. The second-order valence-corrected chi connectivity index (χ2v) is 5.88. The molecule has 0 atom stereocenters. The molecule has 1 aliphatic rings. The lowest BCUT2D eigenvalue weighted by Gasteiger charge is -2.09. The molecule has 1 N–H and O–H groups in total. The van der Waals surface area contributed by atoms with E-state index in [1.165, 1.54) is 15.4 Å². The summed E-state index contributed by atoms with van der Waals surface area (Å²) in [6.07, 6.45) is 1.05. The van der Waals surface area contributed by atoms with Crippen molar-refractivity contribution in [2.24, 2.45) is 0 Å². The van der Waals surface area contributed by atoms with E-state index >= 15 is 0 Å². The molecule has 0 fully saturated rings. The maximum atomic E-state index is 5.91. The van der Waals surface area contributed by atoms with Gasteiger partial charge in [-0.15, -0.1) is 22.7 Å². The van der Waals surface area contributed by atoms with E-state index in [0.717, 1.165) is 29.5 Å². The molecule has 3 heterocycles. The molecule has 0 amide bonds. The van der Waals surface area contributed by atoms with Gasteiger partial charge in [0.2, 0.25) is 0 Å². The van der Waals surface area contributed by atoms with Crippen LogP contribution in [0.15, 0.2) is 11.4 Å². The van der Waals surface area contributed by atoms with Gasteiger partial charge in [-0.05, 0) is 6.07 Å². The van der Waals surface area contributed by atoms with Gasteiger partial charge in [-0.25, -0.2) is 4.98 Å². The summed E-state index contributed by atoms with van der Waals surface area (Å²) in [5.41, 5.74) is 1.26. The Kier molecular flexibility index (Phi) is 2.52. The predicted molar refractivity (Wildman–Crippen MR) is 65.8 cm³/mol. The number of halogens is 1. The van der Waals surface area contributed by atoms with Gasteiger partial charge >= 0.3 is 0 Å². The van der Waals surface area contributed by atoms with Gasteiger partial charge in [-0.3, -0.25) is 0 Å². The quantitative estimate of drug-likeness (QED) is 0.848. The van der Waals surface area contributed by atoms with E-state index in [1.807, 2.05) is 11.4 Å². The van der Waals surface area contributed by atoms with E-state index in [-0.39, 0.29) is 0 Å². The summed E-state index contributed by atoms with van der Waals surface area (Å²) >= 11 is 9.35. The third-order valence-corrected chi connectivity index (χ3v) is 4.93. The SMILES string of the molecule is Clc1csc(-c2nc3c(s2)CNCC3)c1. The summed E-state index contributed by atoms with van der Waals surface area (Å²) in [4.78, 5) is 7.22. The molecule has 2 aromatic rings. The second kappa shape index (κ2) is 3.87. The van der Waals surface area contributed by atoms with Crippen LogP contribution in [0.1, 0.15) is 10.6 Å². The van der Waals surface area contributed by atoms with Crippen LogP contribution in [-0.2, 0) is 13.0 Å². The lowest BCUT2D eigenvalue weighted by Crippen LogP contribution is -2.22. The summed E-state index contributed by atoms with van der Waals surface area (Å²) in [6.45, 7) is 2.01. The summed E-state index contributed by atoms with van der Waals surface area (Å²) in [5.74, 6) is 0. The molecule has 78 valence electrons. The van der Waals surface area contributed by atoms with Crippen LogP contribution in [0.2, 0.25) is 5.02 Å². The smallest absolute Gasteiger partial charge is 0.133 e. The van der Waals surface area contributed by atoms with Crippen LogP contribution in [0.3, 0.4) is 0 Å². The van der Waals surface area contributed by atoms with Crippen molar-refractivity contribution in [1.82, 2.24) is 10.3 Å². The van der Waals surface area contributed by atoms with Gasteiger partial charge in [0.15, 0.2) is 0 Å². The van der Waals surface area contributed by atoms with Crippen molar-refractivity contribution in [3.8, 4) is 9.88 Å². The number of aromatic nitrogens is 1. The lowest BCUT2D eigenvalue weighted by atomic mass is 10.2. The Labute approximate surface area is 101 Å². The van der Waals surface area contributed by atoms with Gasteiger partial charge < -0.3 is 5.32 Å². The highest BCUT2D eigenvalue weighted by Crippen LogP contribution is 2.34. The number of nitrogens with one attached hydrogen (secondary N) is 1. The molecule has 0 spiro atoms. The molecule has 5 heteroatoms. The topological polar surface area (TPSA) is 24.9 Å². The molecular weight excluding hydrogens is 248 g/mol. The summed E-state index contributed by atoms with van der Waals surface area (Å²) in [6, 6.07) is 1.99. The predicted octanol–water partition coefficient (Wildman–Crippen LogP) is 3.17. The van der Waals surface area contributed by atoms with E-state index in [0.29, 0.717) is 0 Å². The summed E-state index contributed by atoms with van der Waals surface area (Å²) in [7, 11) is 0. The zero-order valence-electron chi connectivity index (χ0n) is 7.92. The van der Waals surface area contributed by atoms with E-state index in [2.05, 4.69) is 10.3 Å². The highest BCUT2D eigenvalue weighted by atomic mass is 35.5. The molecule has 2 aromatic heterocycles. The van der Waals surface area contributed by atoms with E-state index in [4.69, 9.17) is 11.6 Å². The van der Waals surface area contributed by atoms with E-state index in [1.54, 1.807) is 22.7 Å². The van der Waals surface area contributed by atoms with Crippen molar-refractivity contribution >= 4 is 34.3 Å². The highest BCUT2D eigenvalue weighted by Gasteiger charge is 2.16. The lowest BCUT2D eigenvalue weighted by molar-refractivity contribution is 0.644. The first-order valence-electron chi connectivity index (χ1n) is 4.76. The zero-order chi connectivity index (χ0) is 10.3. The summed E-state index contributed by atoms with van der Waals surface area (Å²) in [5, 5.41) is 7.23. The molecule has 15 heavy (non-hydrogen) atoms. The number of fused-ring (bicyclic) bond motifs is 1. The van der Waals surface area contributed by atoms with Crippen molar-refractivity contribution in [1.29, 1.82) is 0 Å². The number of thiazole rings is 1. The highest BCUT2D eigenvalue weighted by molar-refractivity contribution is 7.21.